The average molecular weight is 376 g/mol. The number of hydrogen-bond donors (Lipinski definition) is 0. The summed E-state index contributed by atoms with van der Waals surface area (Å²) in [6.45, 7) is 2.64. The second kappa shape index (κ2) is 6.74. The van der Waals surface area contributed by atoms with Crippen LogP contribution < -0.4 is 9.47 Å². The summed E-state index contributed by atoms with van der Waals surface area (Å²) in [5.74, 6) is 1.80. The van der Waals surface area contributed by atoms with E-state index >= 15 is 0 Å². The van der Waals surface area contributed by atoms with Crippen molar-refractivity contribution >= 4 is 17.0 Å². The van der Waals surface area contributed by atoms with Crippen molar-refractivity contribution in [2.24, 2.45) is 5.10 Å². The molecular formula is C22H20N2O2S. The largest absolute Gasteiger partial charge is 0.494 e. The van der Waals surface area contributed by atoms with Gasteiger partial charge in [0.2, 0.25) is 6.23 Å². The lowest BCUT2D eigenvalue weighted by Gasteiger charge is -2.38. The number of hydrazone groups is 1. The molecule has 3 aromatic rings. The van der Waals surface area contributed by atoms with Gasteiger partial charge in [-0.15, -0.1) is 11.3 Å². The molecule has 0 radical (unpaired) electrons. The van der Waals surface area contributed by atoms with E-state index in [0.29, 0.717) is 6.61 Å². The molecule has 5 rings (SSSR count). The first-order valence-electron chi connectivity index (χ1n) is 9.21. The van der Waals surface area contributed by atoms with Gasteiger partial charge < -0.3 is 9.47 Å². The zero-order valence-corrected chi connectivity index (χ0v) is 15.9. The second-order valence-corrected chi connectivity index (χ2v) is 7.59. The molecule has 0 saturated heterocycles. The van der Waals surface area contributed by atoms with Crippen molar-refractivity contribution in [3.05, 3.63) is 82.0 Å². The lowest BCUT2D eigenvalue weighted by molar-refractivity contribution is -0.0191. The first-order chi connectivity index (χ1) is 13.3. The van der Waals surface area contributed by atoms with Crippen LogP contribution in [0, 0.1) is 0 Å². The molecule has 0 bridgehead atoms. The summed E-state index contributed by atoms with van der Waals surface area (Å²) in [4.78, 5) is 1.23. The zero-order valence-electron chi connectivity index (χ0n) is 15.0. The van der Waals surface area contributed by atoms with E-state index in [1.165, 1.54) is 10.4 Å². The molecule has 0 amide bonds. The Kier molecular flexibility index (Phi) is 4.09. The van der Waals surface area contributed by atoms with E-state index in [0.717, 1.165) is 29.2 Å². The van der Waals surface area contributed by atoms with Crippen LogP contribution in [0.4, 0.5) is 0 Å². The molecule has 2 aromatic carbocycles. The molecule has 0 unspecified atom stereocenters. The normalized spacial score (nSPS) is 20.5. The third kappa shape index (κ3) is 2.88. The molecule has 5 heteroatoms. The number of para-hydroxylation sites is 1. The van der Waals surface area contributed by atoms with E-state index in [1.54, 1.807) is 11.3 Å². The summed E-state index contributed by atoms with van der Waals surface area (Å²) in [7, 11) is 0. The third-order valence-corrected chi connectivity index (χ3v) is 5.88. The number of nitrogens with zero attached hydrogens (tertiary/aromatic N) is 2. The highest BCUT2D eigenvalue weighted by Crippen LogP contribution is 2.47. The molecule has 0 spiro atoms. The minimum absolute atomic E-state index is 0.188. The van der Waals surface area contributed by atoms with E-state index in [2.05, 4.69) is 52.9 Å². The van der Waals surface area contributed by atoms with Gasteiger partial charge in [-0.05, 0) is 36.6 Å². The van der Waals surface area contributed by atoms with Crippen LogP contribution in [-0.2, 0) is 0 Å². The van der Waals surface area contributed by atoms with Crippen molar-refractivity contribution in [2.45, 2.75) is 25.6 Å². The lowest BCUT2D eigenvalue weighted by Crippen LogP contribution is -2.33. The van der Waals surface area contributed by atoms with Crippen molar-refractivity contribution in [1.29, 1.82) is 0 Å². The second-order valence-electron chi connectivity index (χ2n) is 6.64. The van der Waals surface area contributed by atoms with Crippen LogP contribution in [0.15, 0.2) is 71.1 Å². The van der Waals surface area contributed by atoms with Gasteiger partial charge in [0.1, 0.15) is 11.5 Å². The fourth-order valence-corrected chi connectivity index (χ4v) is 4.49. The zero-order chi connectivity index (χ0) is 18.2. The summed E-state index contributed by atoms with van der Waals surface area (Å²) in [6.07, 6.45) is 0.630. The summed E-state index contributed by atoms with van der Waals surface area (Å²) in [5.41, 5.74) is 3.38. The lowest BCUT2D eigenvalue weighted by atomic mass is 9.98. The van der Waals surface area contributed by atoms with Gasteiger partial charge in [0, 0.05) is 17.5 Å². The van der Waals surface area contributed by atoms with E-state index in [1.807, 2.05) is 25.1 Å². The quantitative estimate of drug-likeness (QED) is 0.612. The maximum absolute atomic E-state index is 6.40. The Balaban J connectivity index is 1.58. The average Bonchev–Trinajstić information content (AvgIpc) is 3.37. The number of ether oxygens (including phenoxy) is 2. The molecule has 136 valence electrons. The number of hydrogen-bond acceptors (Lipinski definition) is 5. The van der Waals surface area contributed by atoms with Crippen LogP contribution in [0.1, 0.15) is 41.6 Å². The number of thiophene rings is 1. The van der Waals surface area contributed by atoms with Gasteiger partial charge in [-0.3, -0.25) is 0 Å². The Morgan fingerprint density at radius 1 is 1.15 bits per heavy atom. The van der Waals surface area contributed by atoms with Crippen LogP contribution in [0.25, 0.3) is 0 Å². The molecule has 0 N–H and O–H groups in total. The van der Waals surface area contributed by atoms with E-state index in [4.69, 9.17) is 14.6 Å². The SMILES string of the molecule is CCOc1cccc([C@H]2Oc3ccccc3[C@H]3CC(c4cccs4)=NN32)c1. The van der Waals surface area contributed by atoms with Crippen LogP contribution in [0.3, 0.4) is 0 Å². The Morgan fingerprint density at radius 2 is 2.07 bits per heavy atom. The third-order valence-electron chi connectivity index (χ3n) is 4.96. The van der Waals surface area contributed by atoms with Gasteiger partial charge in [-0.2, -0.15) is 5.10 Å². The van der Waals surface area contributed by atoms with Crippen molar-refractivity contribution < 1.29 is 9.47 Å². The summed E-state index contributed by atoms with van der Waals surface area (Å²) in [5, 5.41) is 9.19. The summed E-state index contributed by atoms with van der Waals surface area (Å²) in [6, 6.07) is 20.8. The number of rotatable bonds is 4. The van der Waals surface area contributed by atoms with Crippen molar-refractivity contribution in [3.8, 4) is 11.5 Å². The molecule has 3 heterocycles. The van der Waals surface area contributed by atoms with Crippen molar-refractivity contribution in [1.82, 2.24) is 5.01 Å². The topological polar surface area (TPSA) is 34.1 Å². The fourth-order valence-electron chi connectivity index (χ4n) is 3.77. The van der Waals surface area contributed by atoms with Gasteiger partial charge in [0.15, 0.2) is 0 Å². The van der Waals surface area contributed by atoms with E-state index < -0.39 is 0 Å². The minimum atomic E-state index is -0.261. The Hall–Kier alpha value is -2.79. The maximum atomic E-state index is 6.40. The molecular weight excluding hydrogens is 356 g/mol. The highest BCUT2D eigenvalue weighted by atomic mass is 32.1. The molecule has 2 atom stereocenters. The molecule has 0 saturated carbocycles. The van der Waals surface area contributed by atoms with Gasteiger partial charge in [-0.25, -0.2) is 5.01 Å². The Bertz CT molecular complexity index is 983. The van der Waals surface area contributed by atoms with E-state index in [-0.39, 0.29) is 12.3 Å². The highest BCUT2D eigenvalue weighted by molar-refractivity contribution is 7.12. The number of benzene rings is 2. The van der Waals surface area contributed by atoms with Crippen LogP contribution in [0.2, 0.25) is 0 Å². The van der Waals surface area contributed by atoms with Crippen molar-refractivity contribution in [3.63, 3.8) is 0 Å². The standard InChI is InChI=1S/C22H20N2O2S/c1-2-25-16-8-5-7-15(13-16)22-24-19(17-9-3-4-10-20(17)26-22)14-18(23-24)21-11-6-12-27-21/h3-13,19,22H,2,14H2,1H3/t19-,22-/m1/s1. The highest BCUT2D eigenvalue weighted by Gasteiger charge is 2.41. The van der Waals surface area contributed by atoms with Crippen molar-refractivity contribution in [2.75, 3.05) is 6.61 Å². The predicted molar refractivity (Wildman–Crippen MR) is 107 cm³/mol. The maximum Gasteiger partial charge on any atom is 0.214 e. The van der Waals surface area contributed by atoms with Gasteiger partial charge in [0.25, 0.3) is 0 Å². The Morgan fingerprint density at radius 3 is 2.93 bits per heavy atom. The molecule has 0 fully saturated rings. The molecule has 2 aliphatic rings. The number of fused-ring (bicyclic) bond motifs is 3. The fraction of sp³-hybridized carbons (Fsp3) is 0.227. The predicted octanol–water partition coefficient (Wildman–Crippen LogP) is 5.39. The molecule has 1 aromatic heterocycles. The van der Waals surface area contributed by atoms with Crippen LogP contribution >= 0.6 is 11.3 Å². The summed E-state index contributed by atoms with van der Waals surface area (Å²) >= 11 is 1.73. The minimum Gasteiger partial charge on any atom is -0.494 e. The molecule has 4 nitrogen and oxygen atoms in total. The van der Waals surface area contributed by atoms with Gasteiger partial charge in [0.05, 0.1) is 23.2 Å². The van der Waals surface area contributed by atoms with Crippen LogP contribution in [0.5, 0.6) is 11.5 Å². The molecule has 0 aliphatic carbocycles. The Labute approximate surface area is 162 Å². The first-order valence-corrected chi connectivity index (χ1v) is 10.1. The monoisotopic (exact) mass is 376 g/mol. The van der Waals surface area contributed by atoms with Crippen LogP contribution in [-0.4, -0.2) is 17.3 Å². The molecule has 27 heavy (non-hydrogen) atoms. The van der Waals surface area contributed by atoms with E-state index in [9.17, 15) is 0 Å². The first kappa shape index (κ1) is 16.4. The molecule has 2 aliphatic heterocycles. The van der Waals surface area contributed by atoms with Gasteiger partial charge >= 0.3 is 0 Å². The van der Waals surface area contributed by atoms with Gasteiger partial charge in [-0.1, -0.05) is 36.4 Å². The smallest absolute Gasteiger partial charge is 0.214 e. The summed E-state index contributed by atoms with van der Waals surface area (Å²) < 4.78 is 12.1.